The van der Waals surface area contributed by atoms with Gasteiger partial charge in [0.2, 0.25) is 5.91 Å². The normalized spacial score (nSPS) is 13.6. The number of carboxylic acids is 1. The third-order valence-corrected chi connectivity index (χ3v) is 3.40. The Hall–Kier alpha value is -1.84. The maximum Gasteiger partial charge on any atom is 0.329 e. The van der Waals surface area contributed by atoms with E-state index in [0.29, 0.717) is 25.7 Å². The van der Waals surface area contributed by atoms with Crippen molar-refractivity contribution in [2.45, 2.75) is 52.0 Å². The number of aliphatic carboxylic acids is 1. The molecule has 4 nitrogen and oxygen atoms in total. The molecule has 1 atom stereocenters. The number of carboxylic acid groups (broad SMARTS) is 1. The lowest BCUT2D eigenvalue weighted by Crippen LogP contribution is -2.52. The van der Waals surface area contributed by atoms with Gasteiger partial charge in [-0.3, -0.25) is 4.79 Å². The fourth-order valence-electron chi connectivity index (χ4n) is 2.11. The summed E-state index contributed by atoms with van der Waals surface area (Å²) in [6, 6.07) is 7.99. The van der Waals surface area contributed by atoms with Gasteiger partial charge in [-0.1, -0.05) is 43.2 Å². The zero-order valence-corrected chi connectivity index (χ0v) is 12.4. The Morgan fingerprint density at radius 1 is 1.25 bits per heavy atom. The van der Waals surface area contributed by atoms with Crippen molar-refractivity contribution in [3.8, 4) is 0 Å². The van der Waals surface area contributed by atoms with E-state index in [-0.39, 0.29) is 5.91 Å². The van der Waals surface area contributed by atoms with Crippen molar-refractivity contribution in [1.29, 1.82) is 0 Å². The van der Waals surface area contributed by atoms with E-state index >= 15 is 0 Å². The highest BCUT2D eigenvalue weighted by molar-refractivity contribution is 5.86. The molecular weight excluding hydrogens is 254 g/mol. The Balaban J connectivity index is 2.54. The van der Waals surface area contributed by atoms with Crippen LogP contribution in [0.25, 0.3) is 0 Å². The molecule has 1 amide bonds. The van der Waals surface area contributed by atoms with Crippen LogP contribution in [0.3, 0.4) is 0 Å². The lowest BCUT2D eigenvalue weighted by Gasteiger charge is -2.25. The molecule has 1 unspecified atom stereocenters. The van der Waals surface area contributed by atoms with Crippen LogP contribution >= 0.6 is 0 Å². The summed E-state index contributed by atoms with van der Waals surface area (Å²) in [7, 11) is 0. The van der Waals surface area contributed by atoms with Crippen molar-refractivity contribution in [3.05, 3.63) is 35.4 Å². The molecule has 0 aliphatic rings. The SMILES string of the molecule is CCCC(C)(NC(=O)CCc1ccc(C)cc1)C(=O)O. The highest BCUT2D eigenvalue weighted by atomic mass is 16.4. The molecule has 0 bridgehead atoms. The van der Waals surface area contributed by atoms with Crippen LogP contribution in [-0.2, 0) is 16.0 Å². The third-order valence-electron chi connectivity index (χ3n) is 3.40. The number of aryl methyl sites for hydroxylation is 2. The van der Waals surface area contributed by atoms with Crippen LogP contribution in [0, 0.1) is 6.92 Å². The Morgan fingerprint density at radius 2 is 1.85 bits per heavy atom. The largest absolute Gasteiger partial charge is 0.480 e. The molecule has 0 aromatic heterocycles. The van der Waals surface area contributed by atoms with Gasteiger partial charge in [-0.2, -0.15) is 0 Å². The van der Waals surface area contributed by atoms with Gasteiger partial charge in [-0.15, -0.1) is 0 Å². The monoisotopic (exact) mass is 277 g/mol. The number of amides is 1. The molecule has 1 aromatic rings. The molecule has 0 aliphatic carbocycles. The summed E-state index contributed by atoms with van der Waals surface area (Å²) in [6.07, 6.45) is 2.06. The maximum atomic E-state index is 11.9. The van der Waals surface area contributed by atoms with Crippen molar-refractivity contribution in [1.82, 2.24) is 5.32 Å². The first-order valence-electron chi connectivity index (χ1n) is 6.97. The van der Waals surface area contributed by atoms with Crippen LogP contribution in [0.2, 0.25) is 0 Å². The number of hydrogen-bond donors (Lipinski definition) is 2. The number of benzene rings is 1. The smallest absolute Gasteiger partial charge is 0.329 e. The first-order chi connectivity index (χ1) is 9.37. The van der Waals surface area contributed by atoms with Gasteiger partial charge in [0.15, 0.2) is 0 Å². The second-order valence-corrected chi connectivity index (χ2v) is 5.42. The molecule has 0 radical (unpaired) electrons. The molecule has 0 saturated heterocycles. The second-order valence-electron chi connectivity index (χ2n) is 5.42. The van der Waals surface area contributed by atoms with Gasteiger partial charge in [-0.25, -0.2) is 4.79 Å². The molecule has 20 heavy (non-hydrogen) atoms. The van der Waals surface area contributed by atoms with Crippen LogP contribution in [0.1, 0.15) is 44.2 Å². The molecule has 0 spiro atoms. The molecule has 4 heteroatoms. The summed E-state index contributed by atoms with van der Waals surface area (Å²) in [4.78, 5) is 23.1. The first kappa shape index (κ1) is 16.2. The van der Waals surface area contributed by atoms with Gasteiger partial charge in [0.1, 0.15) is 5.54 Å². The molecule has 2 N–H and O–H groups in total. The molecule has 1 rings (SSSR count). The summed E-state index contributed by atoms with van der Waals surface area (Å²) < 4.78 is 0. The van der Waals surface area contributed by atoms with Crippen LogP contribution in [-0.4, -0.2) is 22.5 Å². The van der Waals surface area contributed by atoms with Crippen LogP contribution in [0.4, 0.5) is 0 Å². The fourth-order valence-corrected chi connectivity index (χ4v) is 2.11. The van der Waals surface area contributed by atoms with E-state index in [9.17, 15) is 14.7 Å². The lowest BCUT2D eigenvalue weighted by atomic mass is 9.96. The van der Waals surface area contributed by atoms with Crippen molar-refractivity contribution in [2.75, 3.05) is 0 Å². The first-order valence-corrected chi connectivity index (χ1v) is 6.97. The molecule has 110 valence electrons. The maximum absolute atomic E-state index is 11.9. The van der Waals surface area contributed by atoms with E-state index in [4.69, 9.17) is 0 Å². The standard InChI is InChI=1S/C16H23NO3/c1-4-11-16(3,15(19)20)17-14(18)10-9-13-7-5-12(2)6-8-13/h5-8H,4,9-11H2,1-3H3,(H,17,18)(H,19,20). The average Bonchev–Trinajstić information content (AvgIpc) is 2.38. The van der Waals surface area contributed by atoms with Crippen LogP contribution in [0.5, 0.6) is 0 Å². The van der Waals surface area contributed by atoms with E-state index in [0.717, 1.165) is 5.56 Å². The van der Waals surface area contributed by atoms with Crippen molar-refractivity contribution < 1.29 is 14.7 Å². The van der Waals surface area contributed by atoms with E-state index < -0.39 is 11.5 Å². The molecule has 1 aromatic carbocycles. The number of carbonyl (C=O) groups excluding carboxylic acids is 1. The summed E-state index contributed by atoms with van der Waals surface area (Å²) in [5.41, 5.74) is 1.09. The van der Waals surface area contributed by atoms with Crippen molar-refractivity contribution in [2.24, 2.45) is 0 Å². The highest BCUT2D eigenvalue weighted by Crippen LogP contribution is 2.13. The second kappa shape index (κ2) is 7.08. The highest BCUT2D eigenvalue weighted by Gasteiger charge is 2.33. The van der Waals surface area contributed by atoms with Gasteiger partial charge in [0, 0.05) is 6.42 Å². The molecule has 0 heterocycles. The minimum Gasteiger partial charge on any atom is -0.480 e. The van der Waals surface area contributed by atoms with E-state index in [2.05, 4.69) is 5.32 Å². The summed E-state index contributed by atoms with van der Waals surface area (Å²) in [5.74, 6) is -1.20. The molecular formula is C16H23NO3. The number of carbonyl (C=O) groups is 2. The zero-order chi connectivity index (χ0) is 15.2. The molecule has 0 saturated carbocycles. The van der Waals surface area contributed by atoms with Gasteiger partial charge < -0.3 is 10.4 Å². The van der Waals surface area contributed by atoms with Gasteiger partial charge >= 0.3 is 5.97 Å². The third kappa shape index (κ3) is 4.68. The van der Waals surface area contributed by atoms with E-state index in [1.54, 1.807) is 6.92 Å². The van der Waals surface area contributed by atoms with Crippen LogP contribution in [0.15, 0.2) is 24.3 Å². The van der Waals surface area contributed by atoms with Crippen LogP contribution < -0.4 is 5.32 Å². The quantitative estimate of drug-likeness (QED) is 0.805. The summed E-state index contributed by atoms with van der Waals surface area (Å²) >= 11 is 0. The van der Waals surface area contributed by atoms with Gasteiger partial charge in [-0.05, 0) is 32.3 Å². The van der Waals surface area contributed by atoms with Gasteiger partial charge in [0.25, 0.3) is 0 Å². The zero-order valence-electron chi connectivity index (χ0n) is 12.4. The summed E-state index contributed by atoms with van der Waals surface area (Å²) in [5, 5.41) is 11.9. The lowest BCUT2D eigenvalue weighted by molar-refractivity contribution is -0.147. The number of hydrogen-bond acceptors (Lipinski definition) is 2. The topological polar surface area (TPSA) is 66.4 Å². The predicted octanol–water partition coefficient (Wildman–Crippen LogP) is 2.69. The van der Waals surface area contributed by atoms with E-state index in [1.165, 1.54) is 5.56 Å². The Bertz CT molecular complexity index is 467. The van der Waals surface area contributed by atoms with Crippen molar-refractivity contribution >= 4 is 11.9 Å². The average molecular weight is 277 g/mol. The van der Waals surface area contributed by atoms with Crippen molar-refractivity contribution in [3.63, 3.8) is 0 Å². The fraction of sp³-hybridized carbons (Fsp3) is 0.500. The Morgan fingerprint density at radius 3 is 2.35 bits per heavy atom. The summed E-state index contributed by atoms with van der Waals surface area (Å²) in [6.45, 7) is 5.47. The number of rotatable bonds is 7. The Kier molecular flexibility index (Phi) is 5.74. The molecule has 0 fully saturated rings. The van der Waals surface area contributed by atoms with Gasteiger partial charge in [0.05, 0.1) is 0 Å². The minimum atomic E-state index is -1.17. The predicted molar refractivity (Wildman–Crippen MR) is 78.6 cm³/mol. The number of nitrogens with one attached hydrogen (secondary N) is 1. The van der Waals surface area contributed by atoms with E-state index in [1.807, 2.05) is 38.1 Å². The minimum absolute atomic E-state index is 0.219. The molecule has 0 aliphatic heterocycles. The Labute approximate surface area is 120 Å².